The number of carbonyl (C=O) groups excluding carboxylic acids is 2. The number of nitrogens with two attached hydrogens (primary N) is 1. The normalized spacial score (nSPS) is 12.7. The van der Waals surface area contributed by atoms with Gasteiger partial charge in [0.2, 0.25) is 0 Å². The molecule has 0 amide bonds. The molecule has 9 aromatic carbocycles. The van der Waals surface area contributed by atoms with E-state index in [2.05, 4.69) is 36.4 Å². The molecule has 0 heterocycles. The van der Waals surface area contributed by atoms with Crippen molar-refractivity contribution >= 4 is 73.7 Å². The van der Waals surface area contributed by atoms with Crippen LogP contribution in [0.2, 0.25) is 0 Å². The Morgan fingerprint density at radius 1 is 0.323 bits per heavy atom. The molecule has 5 nitrogen and oxygen atoms in total. The Labute approximate surface area is 381 Å². The number of carbonyl (C=O) groups is 2. The van der Waals surface area contributed by atoms with E-state index in [-0.39, 0.29) is 16.8 Å². The zero-order valence-electron chi connectivity index (χ0n) is 36.3. The van der Waals surface area contributed by atoms with Gasteiger partial charge in [-0.25, -0.2) is 0 Å². The van der Waals surface area contributed by atoms with Crippen LogP contribution in [0.4, 0.5) is 5.69 Å². The molecular weight excluding hydrogens is 837 g/mol. The summed E-state index contributed by atoms with van der Waals surface area (Å²) in [4.78, 5) is 32.0. The molecule has 0 unspecified atom stereocenters. The molecule has 0 bridgehead atoms. The molecule has 0 atom stereocenters. The monoisotopic (exact) mass is 885 g/mol. The van der Waals surface area contributed by atoms with Crippen LogP contribution in [0.15, 0.2) is 249 Å². The van der Waals surface area contributed by atoms with Gasteiger partial charge in [-0.1, -0.05) is 0 Å². The first-order valence-corrected chi connectivity index (χ1v) is 25.9. The van der Waals surface area contributed by atoms with Crippen LogP contribution in [0.1, 0.15) is 31.8 Å². The average Bonchev–Trinajstić information content (AvgIpc) is 3.37. The Hall–Kier alpha value is -7.42. The molecule has 9 rings (SSSR count). The van der Waals surface area contributed by atoms with Crippen molar-refractivity contribution in [1.29, 1.82) is 0 Å². The van der Waals surface area contributed by atoms with E-state index in [1.807, 2.05) is 208 Å². The summed E-state index contributed by atoms with van der Waals surface area (Å²) in [6.07, 6.45) is 0. The summed E-state index contributed by atoms with van der Waals surface area (Å²) >= 11 is 0. The molecule has 0 saturated heterocycles. The molecule has 0 aliphatic rings. The molecule has 65 heavy (non-hydrogen) atoms. The minimum absolute atomic E-state index is 0.0165. The summed E-state index contributed by atoms with van der Waals surface area (Å²) in [5, 5.41) is 6.50. The molecule has 7 heteroatoms. The maximum absolute atomic E-state index is 16.0. The Bertz CT molecular complexity index is 2900. The van der Waals surface area contributed by atoms with E-state index in [1.165, 1.54) is 6.07 Å². The molecule has 0 fully saturated rings. The van der Waals surface area contributed by atoms with Gasteiger partial charge in [0, 0.05) is 0 Å². The van der Waals surface area contributed by atoms with Gasteiger partial charge >= 0.3 is 383 Å². The number of anilines is 1. The summed E-state index contributed by atoms with van der Waals surface area (Å²) in [5.41, 5.74) is 9.00. The van der Waals surface area contributed by atoms with E-state index in [9.17, 15) is 0 Å². The van der Waals surface area contributed by atoms with Gasteiger partial charge in [0.1, 0.15) is 0 Å². The maximum atomic E-state index is 16.0. The van der Waals surface area contributed by atoms with Gasteiger partial charge < -0.3 is 0 Å². The second-order valence-electron chi connectivity index (χ2n) is 16.3. The van der Waals surface area contributed by atoms with Crippen molar-refractivity contribution in [2.75, 3.05) is 5.73 Å². The Balaban J connectivity index is 1.33. The van der Waals surface area contributed by atoms with Gasteiger partial charge in [0.25, 0.3) is 0 Å². The third-order valence-electron chi connectivity index (χ3n) is 12.6. The summed E-state index contributed by atoms with van der Waals surface area (Å²) < 4.78 is 15.2. The van der Waals surface area contributed by atoms with Crippen LogP contribution in [0.3, 0.4) is 0 Å². The van der Waals surface area contributed by atoms with Crippen LogP contribution in [0.5, 0.6) is 0 Å². The van der Waals surface area contributed by atoms with Gasteiger partial charge in [-0.3, -0.25) is 0 Å². The molecule has 0 spiro atoms. The molecular formula is C58H49NO4P2. The second kappa shape index (κ2) is 17.3. The minimum atomic E-state index is -4.56. The van der Waals surface area contributed by atoms with Gasteiger partial charge in [0.15, 0.2) is 0 Å². The van der Waals surface area contributed by atoms with Gasteiger partial charge in [-0.05, 0) is 0 Å². The number of nitrogen functional groups attached to an aromatic ring is 1. The number of hydrogen-bond donors (Lipinski definition) is 1. The van der Waals surface area contributed by atoms with Gasteiger partial charge in [0.05, 0.1) is 0 Å². The van der Waals surface area contributed by atoms with E-state index in [1.54, 1.807) is 12.1 Å². The molecule has 0 aliphatic heterocycles. The SMILES string of the molecule is Cc1ccc(P(OC(=O)c2ccc(N)cc2C(=O)OP(c2ccccc2)(c2ccccc2)(c2ccccc2)c2ccc(C)cc2)(c2ccccc2)(c2ccccc2)c2ccccc2)cc1. The fourth-order valence-corrected chi connectivity index (χ4v) is 20.6. The van der Waals surface area contributed by atoms with Gasteiger partial charge in [-0.2, -0.15) is 0 Å². The molecule has 0 aliphatic carbocycles. The van der Waals surface area contributed by atoms with E-state index in [0.717, 1.165) is 53.6 Å². The number of hydrogen-bond acceptors (Lipinski definition) is 5. The Kier molecular flexibility index (Phi) is 11.4. The summed E-state index contributed by atoms with van der Waals surface area (Å²) in [6.45, 7) is -5.02. The standard InChI is InChI=1S/C58H49NO4P2/c1-44-33-38-53(39-34-44)64(47-21-9-3-10-22-47,48-23-11-4-12-24-48,49-25-13-5-14-26-49)62-57(60)55-42-37-46(59)43-56(55)58(61)63-65(50-27-15-6-16-28-50,51-29-17-7-18-30-51,52-31-19-8-20-32-52)54-40-35-45(2)36-41-54/h3-43H,59H2,1-2H3. The van der Waals surface area contributed by atoms with Crippen molar-refractivity contribution in [2.24, 2.45) is 0 Å². The second-order valence-corrected chi connectivity index (χ2v) is 25.0. The van der Waals surface area contributed by atoms with Crippen molar-refractivity contribution < 1.29 is 18.6 Å². The number of aryl methyl sites for hydroxylation is 2. The predicted molar refractivity (Wildman–Crippen MR) is 274 cm³/mol. The molecule has 9 aromatic rings. The average molecular weight is 886 g/mol. The summed E-state index contributed by atoms with van der Waals surface area (Å²) in [7, 11) is 0. The Morgan fingerprint density at radius 3 is 0.846 bits per heavy atom. The Morgan fingerprint density at radius 2 is 0.569 bits per heavy atom. The van der Waals surface area contributed by atoms with E-state index < -0.39 is 25.6 Å². The van der Waals surface area contributed by atoms with Crippen molar-refractivity contribution in [3.8, 4) is 0 Å². The molecule has 0 saturated carbocycles. The van der Waals surface area contributed by atoms with Crippen molar-refractivity contribution in [2.45, 2.75) is 13.8 Å². The van der Waals surface area contributed by atoms with E-state index >= 15 is 9.59 Å². The van der Waals surface area contributed by atoms with Crippen LogP contribution < -0.4 is 48.2 Å². The van der Waals surface area contributed by atoms with Crippen molar-refractivity contribution in [1.82, 2.24) is 0 Å². The topological polar surface area (TPSA) is 78.6 Å². The van der Waals surface area contributed by atoms with Crippen LogP contribution >= 0.6 is 13.7 Å². The first-order chi connectivity index (χ1) is 31.7. The summed E-state index contributed by atoms with van der Waals surface area (Å²) in [5.74, 6) is -1.43. The molecule has 0 aromatic heterocycles. The third-order valence-corrected chi connectivity index (χ3v) is 23.9. The quantitative estimate of drug-likeness (QED) is 0.0978. The van der Waals surface area contributed by atoms with E-state index in [0.29, 0.717) is 0 Å². The van der Waals surface area contributed by atoms with Crippen LogP contribution in [0.25, 0.3) is 0 Å². The van der Waals surface area contributed by atoms with Crippen LogP contribution in [-0.4, -0.2) is 11.9 Å². The van der Waals surface area contributed by atoms with Crippen LogP contribution in [-0.2, 0) is 9.05 Å². The fraction of sp³-hybridized carbons (Fsp3) is 0.0345. The van der Waals surface area contributed by atoms with Crippen molar-refractivity contribution in [3.63, 3.8) is 0 Å². The van der Waals surface area contributed by atoms with Crippen molar-refractivity contribution in [3.05, 3.63) is 271 Å². The molecule has 2 N–H and O–H groups in total. The zero-order valence-corrected chi connectivity index (χ0v) is 38.1. The van der Waals surface area contributed by atoms with Gasteiger partial charge in [-0.15, -0.1) is 0 Å². The third kappa shape index (κ3) is 6.79. The van der Waals surface area contributed by atoms with Crippen LogP contribution in [0, 0.1) is 13.8 Å². The molecule has 0 radical (unpaired) electrons. The van der Waals surface area contributed by atoms with E-state index in [4.69, 9.17) is 14.8 Å². The fourth-order valence-electron chi connectivity index (χ4n) is 9.48. The zero-order chi connectivity index (χ0) is 45.0. The summed E-state index contributed by atoms with van der Waals surface area (Å²) in [6, 6.07) is 81.0. The molecule has 320 valence electrons. The first kappa shape index (κ1) is 42.9. The number of rotatable bonds is 12. The number of benzene rings is 9. The first-order valence-electron chi connectivity index (χ1n) is 21.6. The predicted octanol–water partition coefficient (Wildman–Crippen LogP) is 9.74.